The molecule has 8 nitrogen and oxygen atoms in total. The Morgan fingerprint density at radius 3 is 0.912 bits per heavy atom. The van der Waals surface area contributed by atoms with Gasteiger partial charge in [-0.1, -0.05) is 290 Å². The molecular formula is C60H114O8. The lowest BCUT2D eigenvalue weighted by atomic mass is 10.0. The number of aliphatic hydroxyl groups excluding tert-OH is 1. The lowest BCUT2D eigenvalue weighted by molar-refractivity contribution is -0.175. The summed E-state index contributed by atoms with van der Waals surface area (Å²) < 4.78 is 23.7. The zero-order chi connectivity index (χ0) is 49.2. The quantitative estimate of drug-likeness (QED) is 0.0365. The molecule has 1 heterocycles. The molecule has 402 valence electrons. The van der Waals surface area contributed by atoms with E-state index < -0.39 is 31.0 Å². The van der Waals surface area contributed by atoms with Crippen LogP contribution in [-0.2, 0) is 33.3 Å². The van der Waals surface area contributed by atoms with E-state index in [1.165, 1.54) is 231 Å². The largest absolute Gasteiger partial charge is 0.457 e. The Morgan fingerprint density at radius 2 is 0.632 bits per heavy atom. The molecule has 4 atom stereocenters. The van der Waals surface area contributed by atoms with E-state index in [2.05, 4.69) is 20.8 Å². The van der Waals surface area contributed by atoms with Crippen LogP contribution in [0.25, 0.3) is 0 Å². The van der Waals surface area contributed by atoms with Crippen LogP contribution in [0, 0.1) is 0 Å². The SMILES string of the molecule is CCCCCCCCCCCCCCCCCC(=O)OC(CO)[C@H]1OC[C@@H](OC(=O)CCCCCCCCCCCCCCCCC)[C@@H]1OC(=O)CCCCCCCCCCCCCCCCC. The number of ether oxygens (including phenoxy) is 4. The van der Waals surface area contributed by atoms with Crippen molar-refractivity contribution in [1.82, 2.24) is 0 Å². The maximum atomic E-state index is 13.3. The third-order valence-electron chi connectivity index (χ3n) is 14.5. The fraction of sp³-hybridized carbons (Fsp3) is 0.950. The molecule has 0 aliphatic carbocycles. The van der Waals surface area contributed by atoms with Gasteiger partial charge in [-0.2, -0.15) is 0 Å². The number of esters is 3. The van der Waals surface area contributed by atoms with Crippen LogP contribution >= 0.6 is 0 Å². The van der Waals surface area contributed by atoms with E-state index in [9.17, 15) is 19.5 Å². The topological polar surface area (TPSA) is 108 Å². The van der Waals surface area contributed by atoms with Gasteiger partial charge in [0.25, 0.3) is 0 Å². The molecule has 1 rings (SSSR count). The highest BCUT2D eigenvalue weighted by Gasteiger charge is 2.47. The lowest BCUT2D eigenvalue weighted by Crippen LogP contribution is -2.46. The van der Waals surface area contributed by atoms with E-state index in [0.717, 1.165) is 57.8 Å². The Labute approximate surface area is 421 Å². The molecule has 1 aliphatic rings. The third-order valence-corrected chi connectivity index (χ3v) is 14.5. The number of hydrogen-bond donors (Lipinski definition) is 1. The van der Waals surface area contributed by atoms with Crippen LogP contribution in [0.5, 0.6) is 0 Å². The van der Waals surface area contributed by atoms with Crippen LogP contribution < -0.4 is 0 Å². The van der Waals surface area contributed by atoms with E-state index in [4.69, 9.17) is 18.9 Å². The summed E-state index contributed by atoms with van der Waals surface area (Å²) in [5.41, 5.74) is 0. The zero-order valence-electron chi connectivity index (χ0n) is 45.5. The number of unbranched alkanes of at least 4 members (excludes halogenated alkanes) is 42. The molecule has 0 saturated carbocycles. The maximum absolute atomic E-state index is 13.3. The van der Waals surface area contributed by atoms with Crippen molar-refractivity contribution in [2.75, 3.05) is 13.2 Å². The molecule has 0 amide bonds. The van der Waals surface area contributed by atoms with Gasteiger partial charge in [0.2, 0.25) is 0 Å². The van der Waals surface area contributed by atoms with Crippen molar-refractivity contribution < 1.29 is 38.4 Å². The highest BCUT2D eigenvalue weighted by atomic mass is 16.6. The standard InChI is InChI=1S/C60H114O8/c1-4-7-10-13-16-19-22-25-28-31-34-37-40-43-46-49-56(62)66-54(52-61)59-60(68-58(64)51-48-45-42-39-36-33-30-27-24-21-18-15-12-9-6-3)55(53-65-59)67-57(63)50-47-44-41-38-35-32-29-26-23-20-17-14-11-8-5-2/h54-55,59-61H,4-53H2,1-3H3/t54?,55-,59-,60+/m1/s1. The fourth-order valence-electron chi connectivity index (χ4n) is 9.97. The van der Waals surface area contributed by atoms with Crippen molar-refractivity contribution in [1.29, 1.82) is 0 Å². The molecule has 1 unspecified atom stereocenters. The van der Waals surface area contributed by atoms with Gasteiger partial charge in [-0.3, -0.25) is 14.4 Å². The summed E-state index contributed by atoms with van der Waals surface area (Å²) >= 11 is 0. The Kier molecular flexibility index (Phi) is 47.6. The molecule has 1 saturated heterocycles. The summed E-state index contributed by atoms with van der Waals surface area (Å²) in [7, 11) is 0. The van der Waals surface area contributed by atoms with Crippen molar-refractivity contribution in [2.45, 2.75) is 353 Å². The normalized spacial score (nSPS) is 16.3. The van der Waals surface area contributed by atoms with Gasteiger partial charge < -0.3 is 24.1 Å². The fourth-order valence-corrected chi connectivity index (χ4v) is 9.97. The van der Waals surface area contributed by atoms with Gasteiger partial charge in [-0.05, 0) is 19.3 Å². The molecule has 68 heavy (non-hydrogen) atoms. The maximum Gasteiger partial charge on any atom is 0.306 e. The molecule has 1 fully saturated rings. The van der Waals surface area contributed by atoms with Crippen LogP contribution in [0.15, 0.2) is 0 Å². The summed E-state index contributed by atoms with van der Waals surface area (Å²) in [6, 6.07) is 0. The average Bonchev–Trinajstić information content (AvgIpc) is 3.72. The lowest BCUT2D eigenvalue weighted by Gasteiger charge is -2.28. The minimum atomic E-state index is -1.01. The first-order chi connectivity index (χ1) is 33.5. The number of carbonyl (C=O) groups is 3. The predicted octanol–water partition coefficient (Wildman–Crippen LogP) is 17.9. The minimum absolute atomic E-state index is 0.0271. The second-order valence-corrected chi connectivity index (χ2v) is 21.1. The predicted molar refractivity (Wildman–Crippen MR) is 285 cm³/mol. The van der Waals surface area contributed by atoms with Gasteiger partial charge in [0.1, 0.15) is 6.10 Å². The van der Waals surface area contributed by atoms with Crippen LogP contribution in [-0.4, -0.2) is 60.6 Å². The number of carbonyl (C=O) groups excluding carboxylic acids is 3. The number of aliphatic hydroxyl groups is 1. The molecule has 1 aliphatic heterocycles. The van der Waals surface area contributed by atoms with E-state index in [0.29, 0.717) is 6.42 Å². The minimum Gasteiger partial charge on any atom is -0.457 e. The molecule has 0 aromatic rings. The summed E-state index contributed by atoms with van der Waals surface area (Å²) in [6.45, 7) is 6.37. The van der Waals surface area contributed by atoms with Crippen molar-refractivity contribution in [3.8, 4) is 0 Å². The van der Waals surface area contributed by atoms with E-state index in [1.54, 1.807) is 0 Å². The van der Waals surface area contributed by atoms with Gasteiger partial charge >= 0.3 is 17.9 Å². The monoisotopic (exact) mass is 963 g/mol. The summed E-state index contributed by atoms with van der Waals surface area (Å²) in [5, 5.41) is 10.4. The summed E-state index contributed by atoms with van der Waals surface area (Å²) in [4.78, 5) is 39.3. The molecule has 8 heteroatoms. The molecule has 0 radical (unpaired) electrons. The molecule has 1 N–H and O–H groups in total. The van der Waals surface area contributed by atoms with Crippen molar-refractivity contribution in [3.05, 3.63) is 0 Å². The number of rotatable bonds is 53. The average molecular weight is 964 g/mol. The third kappa shape index (κ3) is 40.0. The van der Waals surface area contributed by atoms with E-state index in [1.807, 2.05) is 0 Å². The van der Waals surface area contributed by atoms with Crippen LogP contribution in [0.4, 0.5) is 0 Å². The molecular weight excluding hydrogens is 849 g/mol. The second-order valence-electron chi connectivity index (χ2n) is 21.1. The van der Waals surface area contributed by atoms with Crippen molar-refractivity contribution >= 4 is 17.9 Å². The molecule has 0 aromatic carbocycles. The zero-order valence-corrected chi connectivity index (χ0v) is 45.5. The Hall–Kier alpha value is -1.67. The van der Waals surface area contributed by atoms with E-state index >= 15 is 0 Å². The van der Waals surface area contributed by atoms with Gasteiger partial charge in [0.05, 0.1) is 13.2 Å². The van der Waals surface area contributed by atoms with E-state index in [-0.39, 0.29) is 37.4 Å². The Balaban J connectivity index is 2.46. The van der Waals surface area contributed by atoms with Gasteiger partial charge in [0.15, 0.2) is 18.3 Å². The van der Waals surface area contributed by atoms with Crippen molar-refractivity contribution in [3.63, 3.8) is 0 Å². The van der Waals surface area contributed by atoms with Crippen molar-refractivity contribution in [2.24, 2.45) is 0 Å². The first-order valence-corrected chi connectivity index (χ1v) is 30.3. The molecule has 0 bridgehead atoms. The summed E-state index contributed by atoms with van der Waals surface area (Å²) in [6.07, 6.45) is 53.6. The van der Waals surface area contributed by atoms with Gasteiger partial charge in [0, 0.05) is 19.3 Å². The first kappa shape index (κ1) is 64.3. The first-order valence-electron chi connectivity index (χ1n) is 30.3. The molecule has 0 aromatic heterocycles. The number of hydrogen-bond acceptors (Lipinski definition) is 8. The highest BCUT2D eigenvalue weighted by molar-refractivity contribution is 5.71. The summed E-state index contributed by atoms with van der Waals surface area (Å²) in [5.74, 6) is -1.09. The van der Waals surface area contributed by atoms with Gasteiger partial charge in [-0.15, -0.1) is 0 Å². The Morgan fingerprint density at radius 1 is 0.382 bits per heavy atom. The Bertz CT molecular complexity index is 1100. The smallest absolute Gasteiger partial charge is 0.306 e. The van der Waals surface area contributed by atoms with Crippen LogP contribution in [0.2, 0.25) is 0 Å². The molecule has 0 spiro atoms. The van der Waals surface area contributed by atoms with Gasteiger partial charge in [-0.25, -0.2) is 0 Å². The second kappa shape index (κ2) is 50.3. The van der Waals surface area contributed by atoms with Crippen LogP contribution in [0.3, 0.4) is 0 Å². The van der Waals surface area contributed by atoms with Crippen LogP contribution in [0.1, 0.15) is 329 Å². The highest BCUT2D eigenvalue weighted by Crippen LogP contribution is 2.27.